The molecule has 1 aliphatic rings. The van der Waals surface area contributed by atoms with E-state index in [2.05, 4.69) is 4.98 Å². The standard InChI is InChI=1S/C22H16N2O4/c25-17-12-5-4-11-16(17)24-19(15-10-6-7-13-23-15)18(21(27)22(24)28)20(26)14-8-2-1-3-9-14/h1-13,19,25-26H/b20-18-. The van der Waals surface area contributed by atoms with Crippen molar-refractivity contribution in [2.45, 2.75) is 6.04 Å². The smallest absolute Gasteiger partial charge is 0.300 e. The van der Waals surface area contributed by atoms with E-state index in [0.717, 1.165) is 0 Å². The van der Waals surface area contributed by atoms with Crippen LogP contribution in [0.5, 0.6) is 5.75 Å². The molecule has 2 N–H and O–H groups in total. The number of hydrogen-bond donors (Lipinski definition) is 2. The molecule has 138 valence electrons. The minimum absolute atomic E-state index is 0.0712. The number of carbonyl (C=O) groups is 2. The second-order valence-corrected chi connectivity index (χ2v) is 6.28. The van der Waals surface area contributed by atoms with Crippen molar-refractivity contribution in [2.24, 2.45) is 0 Å². The minimum atomic E-state index is -0.963. The van der Waals surface area contributed by atoms with Gasteiger partial charge in [-0.3, -0.25) is 19.5 Å². The quantitative estimate of drug-likeness (QED) is 0.418. The van der Waals surface area contributed by atoms with Crippen LogP contribution in [0.3, 0.4) is 0 Å². The summed E-state index contributed by atoms with van der Waals surface area (Å²) in [7, 11) is 0. The molecule has 0 radical (unpaired) electrons. The van der Waals surface area contributed by atoms with Crippen molar-refractivity contribution in [2.75, 3.05) is 4.90 Å². The number of nitrogens with zero attached hydrogens (tertiary/aromatic N) is 2. The molecule has 4 rings (SSSR count). The summed E-state index contributed by atoms with van der Waals surface area (Å²) in [5.41, 5.74) is 0.923. The van der Waals surface area contributed by atoms with E-state index in [4.69, 9.17) is 0 Å². The summed E-state index contributed by atoms with van der Waals surface area (Å²) in [4.78, 5) is 31.2. The summed E-state index contributed by atoms with van der Waals surface area (Å²) < 4.78 is 0. The van der Waals surface area contributed by atoms with Crippen LogP contribution in [0.4, 0.5) is 5.69 Å². The first kappa shape index (κ1) is 17.5. The number of phenols is 1. The lowest BCUT2D eigenvalue weighted by Crippen LogP contribution is -2.29. The van der Waals surface area contributed by atoms with E-state index >= 15 is 0 Å². The molecule has 0 saturated carbocycles. The first-order valence-corrected chi connectivity index (χ1v) is 8.65. The van der Waals surface area contributed by atoms with E-state index in [9.17, 15) is 19.8 Å². The van der Waals surface area contributed by atoms with E-state index in [0.29, 0.717) is 11.3 Å². The Hall–Kier alpha value is -3.93. The maximum Gasteiger partial charge on any atom is 0.300 e. The topological polar surface area (TPSA) is 90.7 Å². The van der Waals surface area contributed by atoms with E-state index in [-0.39, 0.29) is 22.8 Å². The third-order valence-corrected chi connectivity index (χ3v) is 4.60. The summed E-state index contributed by atoms with van der Waals surface area (Å²) in [5, 5.41) is 21.1. The van der Waals surface area contributed by atoms with Crippen LogP contribution in [0.2, 0.25) is 0 Å². The van der Waals surface area contributed by atoms with Crippen LogP contribution in [0.25, 0.3) is 5.76 Å². The molecule has 28 heavy (non-hydrogen) atoms. The fourth-order valence-electron chi connectivity index (χ4n) is 3.32. The minimum Gasteiger partial charge on any atom is -0.507 e. The van der Waals surface area contributed by atoms with Crippen LogP contribution in [-0.4, -0.2) is 26.9 Å². The zero-order valence-corrected chi connectivity index (χ0v) is 14.7. The molecule has 1 unspecified atom stereocenters. The predicted molar refractivity (Wildman–Crippen MR) is 104 cm³/mol. The molecule has 6 heteroatoms. The van der Waals surface area contributed by atoms with Gasteiger partial charge >= 0.3 is 0 Å². The van der Waals surface area contributed by atoms with Gasteiger partial charge in [0.05, 0.1) is 17.0 Å². The van der Waals surface area contributed by atoms with Crippen molar-refractivity contribution in [3.8, 4) is 5.75 Å². The van der Waals surface area contributed by atoms with Gasteiger partial charge in [-0.1, -0.05) is 48.5 Å². The first-order valence-electron chi connectivity index (χ1n) is 8.65. The Labute approximate surface area is 161 Å². The van der Waals surface area contributed by atoms with E-state index in [1.807, 2.05) is 0 Å². The highest BCUT2D eigenvalue weighted by atomic mass is 16.3. The lowest BCUT2D eigenvalue weighted by molar-refractivity contribution is -0.132. The molecule has 1 aromatic heterocycles. The number of rotatable bonds is 3. The van der Waals surface area contributed by atoms with Gasteiger partial charge in [-0.2, -0.15) is 0 Å². The fraction of sp³-hybridized carbons (Fsp3) is 0.0455. The van der Waals surface area contributed by atoms with Crippen LogP contribution < -0.4 is 4.90 Å². The van der Waals surface area contributed by atoms with Gasteiger partial charge in [0.25, 0.3) is 11.7 Å². The van der Waals surface area contributed by atoms with Crippen molar-refractivity contribution >= 4 is 23.1 Å². The maximum absolute atomic E-state index is 12.9. The zero-order chi connectivity index (χ0) is 19.7. The van der Waals surface area contributed by atoms with Crippen LogP contribution in [0.15, 0.2) is 84.6 Å². The number of amides is 1. The Morgan fingerprint density at radius 3 is 2.25 bits per heavy atom. The average molecular weight is 372 g/mol. The molecular formula is C22H16N2O4. The van der Waals surface area contributed by atoms with Crippen molar-refractivity contribution in [3.63, 3.8) is 0 Å². The second-order valence-electron chi connectivity index (χ2n) is 6.28. The monoisotopic (exact) mass is 372 g/mol. The normalized spacial score (nSPS) is 18.4. The maximum atomic E-state index is 12.9. The van der Waals surface area contributed by atoms with E-state index in [1.165, 1.54) is 11.0 Å². The second kappa shape index (κ2) is 7.00. The third kappa shape index (κ3) is 2.81. The number of ketones is 1. The summed E-state index contributed by atoms with van der Waals surface area (Å²) in [5.74, 6) is -2.10. The molecule has 6 nitrogen and oxygen atoms in total. The molecule has 3 aromatic rings. The van der Waals surface area contributed by atoms with Gasteiger partial charge in [-0.15, -0.1) is 0 Å². The molecule has 2 aromatic carbocycles. The molecule has 1 aliphatic heterocycles. The summed E-state index contributed by atoms with van der Waals surface area (Å²) >= 11 is 0. The Morgan fingerprint density at radius 1 is 0.893 bits per heavy atom. The number of para-hydroxylation sites is 2. The number of Topliss-reactive ketones (excluding diaryl/α,β-unsaturated/α-hetero) is 1. The number of aliphatic hydroxyl groups is 1. The number of anilines is 1. The van der Waals surface area contributed by atoms with Crippen molar-refractivity contribution in [1.82, 2.24) is 4.98 Å². The Kier molecular flexibility index (Phi) is 4.37. The molecule has 1 saturated heterocycles. The number of aromatic hydroxyl groups is 1. The van der Waals surface area contributed by atoms with Crippen molar-refractivity contribution < 1.29 is 19.8 Å². The largest absolute Gasteiger partial charge is 0.507 e. The molecule has 1 amide bonds. The van der Waals surface area contributed by atoms with Gasteiger partial charge in [-0.05, 0) is 24.3 Å². The molecule has 1 fully saturated rings. The highest BCUT2D eigenvalue weighted by Gasteiger charge is 2.48. The molecule has 0 bridgehead atoms. The summed E-state index contributed by atoms with van der Waals surface area (Å²) in [6.45, 7) is 0. The predicted octanol–water partition coefficient (Wildman–Crippen LogP) is 3.41. The highest BCUT2D eigenvalue weighted by Crippen LogP contribution is 2.43. The number of phenolic OH excluding ortho intramolecular Hbond substituents is 1. The van der Waals surface area contributed by atoms with Gasteiger partial charge < -0.3 is 10.2 Å². The van der Waals surface area contributed by atoms with Crippen LogP contribution in [0.1, 0.15) is 17.3 Å². The molecule has 0 aliphatic carbocycles. The summed E-state index contributed by atoms with van der Waals surface area (Å²) in [6.07, 6.45) is 1.54. The van der Waals surface area contributed by atoms with Gasteiger partial charge in [0.15, 0.2) is 0 Å². The number of aromatic nitrogens is 1. The molecular weight excluding hydrogens is 356 g/mol. The number of hydrogen-bond acceptors (Lipinski definition) is 5. The van der Waals surface area contributed by atoms with Crippen molar-refractivity contribution in [3.05, 3.63) is 95.8 Å². The SMILES string of the molecule is O=C1C(=O)N(c2ccccc2O)C(c2ccccn2)/C1=C(/O)c1ccccc1. The number of pyridine rings is 1. The Balaban J connectivity index is 1.97. The molecule has 0 spiro atoms. The third-order valence-electron chi connectivity index (χ3n) is 4.60. The summed E-state index contributed by atoms with van der Waals surface area (Å²) in [6, 6.07) is 18.9. The highest BCUT2D eigenvalue weighted by molar-refractivity contribution is 6.51. The number of benzene rings is 2. The lowest BCUT2D eigenvalue weighted by atomic mass is 9.98. The Morgan fingerprint density at radius 2 is 1.57 bits per heavy atom. The van der Waals surface area contributed by atoms with Gasteiger partial charge in [0.2, 0.25) is 0 Å². The average Bonchev–Trinajstić information content (AvgIpc) is 3.00. The number of aliphatic hydroxyl groups excluding tert-OH is 1. The molecule has 1 atom stereocenters. The molecule has 2 heterocycles. The van der Waals surface area contributed by atoms with Crippen LogP contribution in [-0.2, 0) is 9.59 Å². The van der Waals surface area contributed by atoms with Gasteiger partial charge in [0.1, 0.15) is 17.6 Å². The first-order chi connectivity index (χ1) is 13.6. The number of carbonyl (C=O) groups excluding carboxylic acids is 2. The van der Waals surface area contributed by atoms with Crippen LogP contribution >= 0.6 is 0 Å². The van der Waals surface area contributed by atoms with Crippen molar-refractivity contribution in [1.29, 1.82) is 0 Å². The van der Waals surface area contributed by atoms with Gasteiger partial charge in [-0.25, -0.2) is 0 Å². The fourth-order valence-corrected chi connectivity index (χ4v) is 3.32. The van der Waals surface area contributed by atoms with E-state index < -0.39 is 17.7 Å². The van der Waals surface area contributed by atoms with E-state index in [1.54, 1.807) is 72.9 Å². The lowest BCUT2D eigenvalue weighted by Gasteiger charge is -2.25. The zero-order valence-electron chi connectivity index (χ0n) is 14.7. The van der Waals surface area contributed by atoms with Crippen LogP contribution in [0, 0.1) is 0 Å². The van der Waals surface area contributed by atoms with Gasteiger partial charge in [0, 0.05) is 11.8 Å². The Bertz CT molecular complexity index is 1080.